The first-order valence-corrected chi connectivity index (χ1v) is 6.46. The van der Waals surface area contributed by atoms with E-state index in [0.29, 0.717) is 6.42 Å². The van der Waals surface area contributed by atoms with E-state index >= 15 is 0 Å². The van der Waals surface area contributed by atoms with Crippen LogP contribution in [0.2, 0.25) is 0 Å². The average molecular weight is 312 g/mol. The molecule has 0 aliphatic rings. The van der Waals surface area contributed by atoms with Gasteiger partial charge in [-0.1, -0.05) is 55.2 Å². The third-order valence-corrected chi connectivity index (χ3v) is 2.84. The maximum absolute atomic E-state index is 9.91. The molecule has 0 aliphatic carbocycles. The van der Waals surface area contributed by atoms with Crippen molar-refractivity contribution >= 4 is 22.6 Å². The molecule has 0 aliphatic heterocycles. The van der Waals surface area contributed by atoms with Crippen LogP contribution in [-0.4, -0.2) is 21.9 Å². The Bertz CT molecular complexity index is 167. The van der Waals surface area contributed by atoms with Gasteiger partial charge in [-0.2, -0.15) is 0 Å². The molecular weight excluding hydrogens is 291 g/mol. The number of rotatable bonds is 7. The molecule has 2 nitrogen and oxygen atoms in total. The van der Waals surface area contributed by atoms with Crippen LogP contribution in [0.25, 0.3) is 0 Å². The van der Waals surface area contributed by atoms with Gasteiger partial charge in [0.15, 0.2) is 0 Å². The van der Waals surface area contributed by atoms with E-state index in [0.717, 1.165) is 12.8 Å². The molecule has 0 amide bonds. The smallest absolute Gasteiger partial charge is 0.101 e. The lowest BCUT2D eigenvalue weighted by atomic mass is 9.92. The van der Waals surface area contributed by atoms with E-state index in [4.69, 9.17) is 0 Å². The Morgan fingerprint density at radius 1 is 1.36 bits per heavy atom. The second-order valence-electron chi connectivity index (χ2n) is 3.93. The first kappa shape index (κ1) is 14.4. The lowest BCUT2D eigenvalue weighted by Crippen LogP contribution is -2.37. The normalized spacial score (nSPS) is 18.4. The standard InChI is InChI=1S/C11H21IO2/c1-3-4-5-6-8-11(2,14)10(13)7-9-12/h7,9-10,13-14H,3-6,8H2,1-2H3/b9-7+. The molecule has 0 saturated heterocycles. The minimum Gasteiger partial charge on any atom is -0.387 e. The summed E-state index contributed by atoms with van der Waals surface area (Å²) in [5.74, 6) is 0. The van der Waals surface area contributed by atoms with Gasteiger partial charge < -0.3 is 10.2 Å². The third kappa shape index (κ3) is 5.98. The monoisotopic (exact) mass is 312 g/mol. The fraction of sp³-hybridized carbons (Fsp3) is 0.818. The van der Waals surface area contributed by atoms with Gasteiger partial charge in [0, 0.05) is 0 Å². The van der Waals surface area contributed by atoms with E-state index in [1.807, 2.05) is 22.6 Å². The highest BCUT2D eigenvalue weighted by molar-refractivity contribution is 14.1. The SMILES string of the molecule is CCCCCCC(C)(O)C(O)/C=C/I. The van der Waals surface area contributed by atoms with Crippen molar-refractivity contribution in [2.75, 3.05) is 0 Å². The van der Waals surface area contributed by atoms with E-state index in [1.54, 1.807) is 17.1 Å². The zero-order valence-electron chi connectivity index (χ0n) is 9.04. The van der Waals surface area contributed by atoms with Crippen LogP contribution in [0, 0.1) is 0 Å². The van der Waals surface area contributed by atoms with Crippen LogP contribution in [0.15, 0.2) is 10.2 Å². The molecule has 0 rings (SSSR count). The molecular formula is C11H21IO2. The van der Waals surface area contributed by atoms with Crippen molar-refractivity contribution in [3.05, 3.63) is 10.2 Å². The zero-order valence-corrected chi connectivity index (χ0v) is 11.2. The molecule has 0 radical (unpaired) electrons. The summed E-state index contributed by atoms with van der Waals surface area (Å²) in [7, 11) is 0. The van der Waals surface area contributed by atoms with Crippen LogP contribution < -0.4 is 0 Å². The number of hydrogen-bond acceptors (Lipinski definition) is 2. The Hall–Kier alpha value is 0.390. The first-order chi connectivity index (χ1) is 6.54. The summed E-state index contributed by atoms with van der Waals surface area (Å²) >= 11 is 2.04. The molecule has 0 saturated carbocycles. The quantitative estimate of drug-likeness (QED) is 0.560. The van der Waals surface area contributed by atoms with Crippen molar-refractivity contribution in [3.8, 4) is 0 Å². The van der Waals surface area contributed by atoms with Gasteiger partial charge in [0.25, 0.3) is 0 Å². The Morgan fingerprint density at radius 3 is 2.50 bits per heavy atom. The van der Waals surface area contributed by atoms with Gasteiger partial charge in [0.1, 0.15) is 6.10 Å². The van der Waals surface area contributed by atoms with Gasteiger partial charge in [0.05, 0.1) is 5.60 Å². The molecule has 0 aromatic heterocycles. The highest BCUT2D eigenvalue weighted by Crippen LogP contribution is 2.20. The van der Waals surface area contributed by atoms with Crippen molar-refractivity contribution < 1.29 is 10.2 Å². The van der Waals surface area contributed by atoms with Crippen LogP contribution in [-0.2, 0) is 0 Å². The maximum atomic E-state index is 9.91. The minimum atomic E-state index is -0.977. The van der Waals surface area contributed by atoms with E-state index in [2.05, 4.69) is 6.92 Å². The molecule has 2 atom stereocenters. The summed E-state index contributed by atoms with van der Waals surface area (Å²) in [5, 5.41) is 19.5. The first-order valence-electron chi connectivity index (χ1n) is 5.22. The molecule has 0 aromatic carbocycles. The molecule has 3 heteroatoms. The lowest BCUT2D eigenvalue weighted by Gasteiger charge is -2.26. The van der Waals surface area contributed by atoms with Crippen LogP contribution in [0.3, 0.4) is 0 Å². The van der Waals surface area contributed by atoms with Crippen molar-refractivity contribution in [1.82, 2.24) is 0 Å². The molecule has 0 spiro atoms. The highest BCUT2D eigenvalue weighted by atomic mass is 127. The summed E-state index contributed by atoms with van der Waals surface area (Å²) in [6.07, 6.45) is 6.05. The number of aliphatic hydroxyl groups excluding tert-OH is 1. The van der Waals surface area contributed by atoms with Crippen LogP contribution >= 0.6 is 22.6 Å². The molecule has 14 heavy (non-hydrogen) atoms. The molecule has 2 unspecified atom stereocenters. The van der Waals surface area contributed by atoms with Crippen molar-refractivity contribution in [3.63, 3.8) is 0 Å². The van der Waals surface area contributed by atoms with Gasteiger partial charge >= 0.3 is 0 Å². The Morgan fingerprint density at radius 2 is 2.00 bits per heavy atom. The van der Waals surface area contributed by atoms with Crippen molar-refractivity contribution in [1.29, 1.82) is 0 Å². The topological polar surface area (TPSA) is 40.5 Å². The fourth-order valence-corrected chi connectivity index (χ4v) is 1.73. The second-order valence-corrected chi connectivity index (χ2v) is 4.65. The van der Waals surface area contributed by atoms with Crippen LogP contribution in [0.5, 0.6) is 0 Å². The summed E-state index contributed by atoms with van der Waals surface area (Å²) < 4.78 is 1.74. The summed E-state index contributed by atoms with van der Waals surface area (Å²) in [5.41, 5.74) is -0.977. The van der Waals surface area contributed by atoms with Crippen LogP contribution in [0.4, 0.5) is 0 Å². The highest BCUT2D eigenvalue weighted by Gasteiger charge is 2.27. The third-order valence-electron chi connectivity index (χ3n) is 2.43. The van der Waals surface area contributed by atoms with Gasteiger partial charge in [-0.3, -0.25) is 0 Å². The van der Waals surface area contributed by atoms with Gasteiger partial charge in [-0.15, -0.1) is 0 Å². The summed E-state index contributed by atoms with van der Waals surface area (Å²) in [4.78, 5) is 0. The lowest BCUT2D eigenvalue weighted by molar-refractivity contribution is -0.0448. The van der Waals surface area contributed by atoms with Crippen molar-refractivity contribution in [2.45, 2.75) is 57.7 Å². The largest absolute Gasteiger partial charge is 0.387 e. The van der Waals surface area contributed by atoms with E-state index in [1.165, 1.54) is 12.8 Å². The number of halogens is 1. The predicted octanol–water partition coefficient (Wildman–Crippen LogP) is 3.02. The van der Waals surface area contributed by atoms with Gasteiger partial charge in [0.2, 0.25) is 0 Å². The molecule has 0 bridgehead atoms. The molecule has 84 valence electrons. The Kier molecular flexibility index (Phi) is 7.86. The van der Waals surface area contributed by atoms with Gasteiger partial charge in [-0.25, -0.2) is 0 Å². The minimum absolute atomic E-state index is 0.662. The summed E-state index contributed by atoms with van der Waals surface area (Å²) in [6, 6.07) is 0. The molecule has 0 aromatic rings. The number of hydrogen-bond donors (Lipinski definition) is 2. The zero-order chi connectivity index (χ0) is 11.0. The maximum Gasteiger partial charge on any atom is 0.101 e. The van der Waals surface area contributed by atoms with Crippen molar-refractivity contribution in [2.24, 2.45) is 0 Å². The molecule has 2 N–H and O–H groups in total. The Labute approximate surface area is 101 Å². The summed E-state index contributed by atoms with van der Waals surface area (Å²) in [6.45, 7) is 3.85. The van der Waals surface area contributed by atoms with E-state index in [-0.39, 0.29) is 0 Å². The van der Waals surface area contributed by atoms with E-state index in [9.17, 15) is 10.2 Å². The molecule has 0 fully saturated rings. The predicted molar refractivity (Wildman–Crippen MR) is 68.5 cm³/mol. The Balaban J connectivity index is 3.81. The van der Waals surface area contributed by atoms with E-state index < -0.39 is 11.7 Å². The number of unbranched alkanes of at least 4 members (excludes halogenated alkanes) is 3. The van der Waals surface area contributed by atoms with Crippen LogP contribution in [0.1, 0.15) is 46.0 Å². The fourth-order valence-electron chi connectivity index (χ4n) is 1.33. The second kappa shape index (κ2) is 7.65. The number of aliphatic hydroxyl groups is 2. The average Bonchev–Trinajstić information content (AvgIpc) is 2.13. The van der Waals surface area contributed by atoms with Gasteiger partial charge in [-0.05, 0) is 23.5 Å². The molecule has 0 heterocycles.